The van der Waals surface area contributed by atoms with Gasteiger partial charge in [0.2, 0.25) is 0 Å². The summed E-state index contributed by atoms with van der Waals surface area (Å²) in [6.07, 6.45) is -0.130. The van der Waals surface area contributed by atoms with Gasteiger partial charge in [-0.05, 0) is 68.9 Å². The molecule has 182 valence electrons. The summed E-state index contributed by atoms with van der Waals surface area (Å²) in [6, 6.07) is 12.8. The van der Waals surface area contributed by atoms with Crippen LogP contribution in [0.4, 0.5) is 0 Å². The van der Waals surface area contributed by atoms with Gasteiger partial charge in [-0.2, -0.15) is 0 Å². The molecule has 0 aliphatic heterocycles. The lowest BCUT2D eigenvalue weighted by molar-refractivity contribution is -0.131. The van der Waals surface area contributed by atoms with Gasteiger partial charge in [-0.1, -0.05) is 26.0 Å². The van der Waals surface area contributed by atoms with E-state index in [0.29, 0.717) is 30.3 Å². The highest BCUT2D eigenvalue weighted by molar-refractivity contribution is 7.93. The zero-order valence-electron chi connectivity index (χ0n) is 19.7. The smallest absolute Gasteiger partial charge is 0.265 e. The third-order valence-corrected chi connectivity index (χ3v) is 8.06. The van der Waals surface area contributed by atoms with E-state index in [0.717, 1.165) is 19.6 Å². The van der Waals surface area contributed by atoms with E-state index in [4.69, 9.17) is 9.47 Å². The number of benzene rings is 2. The lowest BCUT2D eigenvalue weighted by atomic mass is 9.99. The van der Waals surface area contributed by atoms with Gasteiger partial charge >= 0.3 is 0 Å². The average molecular weight is 479 g/mol. The van der Waals surface area contributed by atoms with Crippen LogP contribution in [0.15, 0.2) is 53.4 Å². The van der Waals surface area contributed by atoms with E-state index in [9.17, 15) is 18.4 Å². The maximum Gasteiger partial charge on any atom is 0.265 e. The lowest BCUT2D eigenvalue weighted by Gasteiger charge is -2.27. The van der Waals surface area contributed by atoms with Gasteiger partial charge < -0.3 is 14.4 Å². The summed E-state index contributed by atoms with van der Waals surface area (Å²) in [6.45, 7) is 11.0. The fourth-order valence-electron chi connectivity index (χ4n) is 3.48. The first-order chi connectivity index (χ1) is 15.7. The summed E-state index contributed by atoms with van der Waals surface area (Å²) in [5, 5.41) is 9.29. The summed E-state index contributed by atoms with van der Waals surface area (Å²) in [5.41, 5.74) is 2.14. The molecule has 0 fully saturated rings. The SMILES string of the molecule is CCOc1ccc(S(=O)(=O)[C@](C)(Cc2ccc(OCCN(CC)CC)cc2)C(=O)NO)cc1. The Bertz CT molecular complexity index is 989. The number of carbonyl (C=O) groups is 1. The molecule has 0 aliphatic rings. The molecular weight excluding hydrogens is 444 g/mol. The minimum absolute atomic E-state index is 0.0339. The van der Waals surface area contributed by atoms with Crippen LogP contribution in [0.3, 0.4) is 0 Å². The largest absolute Gasteiger partial charge is 0.494 e. The molecule has 0 saturated heterocycles. The van der Waals surface area contributed by atoms with Crippen LogP contribution in [-0.2, 0) is 21.1 Å². The highest BCUT2D eigenvalue weighted by Crippen LogP contribution is 2.31. The summed E-state index contributed by atoms with van der Waals surface area (Å²) in [4.78, 5) is 14.8. The molecule has 0 heterocycles. The molecule has 2 aromatic rings. The van der Waals surface area contributed by atoms with Crippen molar-refractivity contribution in [3.8, 4) is 11.5 Å². The number of hydroxylamine groups is 1. The number of ether oxygens (including phenoxy) is 2. The number of sulfone groups is 1. The molecule has 2 aromatic carbocycles. The standard InChI is InChI=1S/C24H34N2O6S/c1-5-26(6-2)16-17-32-21-10-8-19(9-11-21)18-24(4,23(27)25-28)33(29,30)22-14-12-20(13-15-22)31-7-3/h8-15,28H,5-7,16-18H2,1-4H3,(H,25,27)/t24-/m1/s1. The van der Waals surface area contributed by atoms with Crippen molar-refractivity contribution in [1.82, 2.24) is 10.4 Å². The first-order valence-electron chi connectivity index (χ1n) is 11.1. The highest BCUT2D eigenvalue weighted by atomic mass is 32.2. The topological polar surface area (TPSA) is 105 Å². The summed E-state index contributed by atoms with van der Waals surface area (Å²) in [5.74, 6) is 0.186. The Hall–Kier alpha value is -2.62. The van der Waals surface area contributed by atoms with Crippen LogP contribution in [0, 0.1) is 0 Å². The minimum atomic E-state index is -4.15. The summed E-state index contributed by atoms with van der Waals surface area (Å²) >= 11 is 0. The number of likely N-dealkylation sites (N-methyl/N-ethyl adjacent to an activating group) is 1. The van der Waals surface area contributed by atoms with Crippen molar-refractivity contribution in [2.24, 2.45) is 0 Å². The van der Waals surface area contributed by atoms with Crippen molar-refractivity contribution >= 4 is 15.7 Å². The molecule has 1 atom stereocenters. The number of hydrogen-bond acceptors (Lipinski definition) is 7. The van der Waals surface area contributed by atoms with E-state index in [1.807, 2.05) is 6.92 Å². The van der Waals surface area contributed by atoms with Crippen LogP contribution < -0.4 is 15.0 Å². The normalized spacial score (nSPS) is 13.4. The van der Waals surface area contributed by atoms with E-state index < -0.39 is 20.5 Å². The number of rotatable bonds is 13. The first kappa shape index (κ1) is 26.6. The number of hydrogen-bond donors (Lipinski definition) is 2. The zero-order chi connectivity index (χ0) is 24.5. The fraction of sp³-hybridized carbons (Fsp3) is 0.458. The van der Waals surface area contributed by atoms with Gasteiger partial charge in [-0.25, -0.2) is 13.9 Å². The molecule has 0 radical (unpaired) electrons. The van der Waals surface area contributed by atoms with Crippen molar-refractivity contribution in [3.63, 3.8) is 0 Å². The van der Waals surface area contributed by atoms with E-state index in [-0.39, 0.29) is 11.3 Å². The van der Waals surface area contributed by atoms with E-state index in [1.54, 1.807) is 24.3 Å². The van der Waals surface area contributed by atoms with Gasteiger partial charge in [-0.15, -0.1) is 0 Å². The molecule has 0 aliphatic carbocycles. The number of carbonyl (C=O) groups excluding carboxylic acids is 1. The Kier molecular flexibility index (Phi) is 9.70. The Morgan fingerprint density at radius 1 is 0.970 bits per heavy atom. The third-order valence-electron chi connectivity index (χ3n) is 5.66. The molecular formula is C24H34N2O6S. The summed E-state index contributed by atoms with van der Waals surface area (Å²) in [7, 11) is -4.15. The van der Waals surface area contributed by atoms with Crippen molar-refractivity contribution in [2.45, 2.75) is 43.8 Å². The van der Waals surface area contributed by atoms with Crippen molar-refractivity contribution < 1.29 is 27.9 Å². The first-order valence-corrected chi connectivity index (χ1v) is 12.6. The van der Waals surface area contributed by atoms with Crippen LogP contribution in [0.25, 0.3) is 0 Å². The quantitative estimate of drug-likeness (QED) is 0.337. The number of amides is 1. The molecule has 0 saturated carbocycles. The predicted octanol–water partition coefficient (Wildman–Crippen LogP) is 3.09. The van der Waals surface area contributed by atoms with E-state index >= 15 is 0 Å². The van der Waals surface area contributed by atoms with Gasteiger partial charge in [0.25, 0.3) is 5.91 Å². The van der Waals surface area contributed by atoms with Crippen LogP contribution in [0.2, 0.25) is 0 Å². The number of nitrogens with one attached hydrogen (secondary N) is 1. The third kappa shape index (κ3) is 6.46. The molecule has 2 rings (SSSR count). The molecule has 0 bridgehead atoms. The minimum Gasteiger partial charge on any atom is -0.494 e. The molecule has 33 heavy (non-hydrogen) atoms. The van der Waals surface area contributed by atoms with E-state index in [2.05, 4.69) is 18.7 Å². The van der Waals surface area contributed by atoms with Gasteiger partial charge in [0.15, 0.2) is 14.6 Å². The van der Waals surface area contributed by atoms with Crippen molar-refractivity contribution in [1.29, 1.82) is 0 Å². The molecule has 0 aromatic heterocycles. The fourth-order valence-corrected chi connectivity index (χ4v) is 5.14. The van der Waals surface area contributed by atoms with Crippen LogP contribution in [0.5, 0.6) is 11.5 Å². The van der Waals surface area contributed by atoms with Gasteiger partial charge in [-0.3, -0.25) is 10.0 Å². The van der Waals surface area contributed by atoms with Gasteiger partial charge in [0, 0.05) is 13.0 Å². The van der Waals surface area contributed by atoms with Crippen molar-refractivity contribution in [2.75, 3.05) is 32.8 Å². The monoisotopic (exact) mass is 478 g/mol. The Labute approximate surface area is 196 Å². The molecule has 8 nitrogen and oxygen atoms in total. The highest BCUT2D eigenvalue weighted by Gasteiger charge is 2.47. The molecule has 0 unspecified atom stereocenters. The van der Waals surface area contributed by atoms with E-state index in [1.165, 1.54) is 36.7 Å². The maximum atomic E-state index is 13.4. The van der Waals surface area contributed by atoms with Gasteiger partial charge in [0.1, 0.15) is 18.1 Å². The Balaban J connectivity index is 2.21. The molecule has 9 heteroatoms. The zero-order valence-corrected chi connectivity index (χ0v) is 20.5. The molecule has 1 amide bonds. The van der Waals surface area contributed by atoms with Crippen LogP contribution in [0.1, 0.15) is 33.3 Å². The maximum absolute atomic E-state index is 13.4. The number of nitrogens with zero attached hydrogens (tertiary/aromatic N) is 1. The van der Waals surface area contributed by atoms with Crippen molar-refractivity contribution in [3.05, 3.63) is 54.1 Å². The molecule has 0 spiro atoms. The van der Waals surface area contributed by atoms with Crippen LogP contribution >= 0.6 is 0 Å². The second-order valence-corrected chi connectivity index (χ2v) is 10.2. The van der Waals surface area contributed by atoms with Gasteiger partial charge in [0.05, 0.1) is 11.5 Å². The summed E-state index contributed by atoms with van der Waals surface area (Å²) < 4.78 is 36.0. The Morgan fingerprint density at radius 2 is 1.52 bits per heavy atom. The second-order valence-electron chi connectivity index (χ2n) is 7.78. The predicted molar refractivity (Wildman–Crippen MR) is 127 cm³/mol. The Morgan fingerprint density at radius 3 is 2.03 bits per heavy atom. The average Bonchev–Trinajstić information content (AvgIpc) is 2.82. The lowest BCUT2D eigenvalue weighted by Crippen LogP contribution is -2.51. The second kappa shape index (κ2) is 12.0. The van der Waals surface area contributed by atoms with Crippen LogP contribution in [-0.4, -0.2) is 62.0 Å². The molecule has 2 N–H and O–H groups in total.